The van der Waals surface area contributed by atoms with E-state index in [1.807, 2.05) is 23.9 Å². The Balaban J connectivity index is 1.16. The first-order chi connectivity index (χ1) is 18.9. The number of benzene rings is 1. The topological polar surface area (TPSA) is 111 Å². The number of carbonyl (C=O) groups excluding carboxylic acids is 1. The van der Waals surface area contributed by atoms with Crippen LogP contribution in [0.1, 0.15) is 24.0 Å². The number of nitrogens with two attached hydrogens (primary N) is 1. The van der Waals surface area contributed by atoms with Crippen molar-refractivity contribution in [2.45, 2.75) is 26.3 Å². The van der Waals surface area contributed by atoms with Crippen molar-refractivity contribution in [2.24, 2.45) is 11.8 Å². The van der Waals surface area contributed by atoms with E-state index in [4.69, 9.17) is 10.5 Å². The van der Waals surface area contributed by atoms with Crippen LogP contribution in [0, 0.1) is 24.6 Å². The van der Waals surface area contributed by atoms with Gasteiger partial charge < -0.3 is 15.8 Å². The average molecular weight is 530 g/mol. The number of amides is 1. The smallest absolute Gasteiger partial charge is 0.229 e. The lowest BCUT2D eigenvalue weighted by molar-refractivity contribution is -0.117. The molecular formula is C29H32FN7O2. The molecule has 39 heavy (non-hydrogen) atoms. The molecule has 0 radical (unpaired) electrons. The molecule has 1 saturated carbocycles. The molecule has 202 valence electrons. The third-order valence-corrected chi connectivity index (χ3v) is 8.05. The van der Waals surface area contributed by atoms with Gasteiger partial charge in [0.15, 0.2) is 5.82 Å². The number of nitrogens with one attached hydrogen (secondary N) is 1. The number of pyridine rings is 2. The van der Waals surface area contributed by atoms with Crippen molar-refractivity contribution in [3.8, 4) is 11.1 Å². The molecular weight excluding hydrogens is 497 g/mol. The summed E-state index contributed by atoms with van der Waals surface area (Å²) in [5, 5.41) is 8.69. The van der Waals surface area contributed by atoms with Gasteiger partial charge in [-0.25, -0.2) is 9.37 Å². The molecule has 1 aliphatic carbocycles. The number of nitrogen functional groups attached to an aromatic ring is 1. The van der Waals surface area contributed by atoms with Crippen LogP contribution < -0.4 is 11.1 Å². The minimum atomic E-state index is -0.502. The van der Waals surface area contributed by atoms with Crippen LogP contribution in [-0.2, 0) is 16.1 Å². The molecule has 0 unspecified atom stereocenters. The van der Waals surface area contributed by atoms with E-state index >= 15 is 4.39 Å². The van der Waals surface area contributed by atoms with Gasteiger partial charge in [0, 0.05) is 72.8 Å². The third kappa shape index (κ3) is 4.97. The summed E-state index contributed by atoms with van der Waals surface area (Å²) < 4.78 is 22.5. The summed E-state index contributed by atoms with van der Waals surface area (Å²) in [5.74, 6) is -0.0198. The van der Waals surface area contributed by atoms with Crippen LogP contribution in [0.5, 0.6) is 0 Å². The third-order valence-electron chi connectivity index (χ3n) is 8.05. The Morgan fingerprint density at radius 3 is 2.79 bits per heavy atom. The summed E-state index contributed by atoms with van der Waals surface area (Å²) in [6, 6.07) is 5.30. The average Bonchev–Trinajstić information content (AvgIpc) is 3.39. The van der Waals surface area contributed by atoms with Crippen molar-refractivity contribution < 1.29 is 13.9 Å². The molecule has 4 aromatic rings. The van der Waals surface area contributed by atoms with E-state index < -0.39 is 5.82 Å². The molecule has 9 nitrogen and oxygen atoms in total. The highest BCUT2D eigenvalue weighted by Gasteiger charge is 2.53. The van der Waals surface area contributed by atoms with Gasteiger partial charge in [0.2, 0.25) is 5.91 Å². The van der Waals surface area contributed by atoms with Gasteiger partial charge in [-0.2, -0.15) is 5.10 Å². The maximum Gasteiger partial charge on any atom is 0.229 e. The van der Waals surface area contributed by atoms with Gasteiger partial charge >= 0.3 is 0 Å². The standard InChI is InChI=1S/C29H32FN7O2/c1-17-3-4-32-14-22(17)21-11-19-12-24(33-15-23(19)28(31)27(21)30)35-29(38)26-18(2)25(26)20-13-34-37(16-20)6-5-36-7-9-39-10-8-36/h3-4,11-16,18,25-26H,5-10,31H2,1-2H3,(H,33,35,38)/t18-,25-,26+/m0/s1. The van der Waals surface area contributed by atoms with Gasteiger partial charge in [0.1, 0.15) is 5.82 Å². The van der Waals surface area contributed by atoms with E-state index in [0.717, 1.165) is 50.5 Å². The van der Waals surface area contributed by atoms with Crippen molar-refractivity contribution >= 4 is 28.2 Å². The number of fused-ring (bicyclic) bond motifs is 1. The number of hydrogen-bond donors (Lipinski definition) is 2. The van der Waals surface area contributed by atoms with Crippen LogP contribution in [0.2, 0.25) is 0 Å². The Hall–Kier alpha value is -3.89. The van der Waals surface area contributed by atoms with Crippen LogP contribution in [0.4, 0.5) is 15.9 Å². The fourth-order valence-corrected chi connectivity index (χ4v) is 5.64. The zero-order valence-electron chi connectivity index (χ0n) is 22.1. The maximum atomic E-state index is 15.1. The monoisotopic (exact) mass is 529 g/mol. The first kappa shape index (κ1) is 25.4. The van der Waals surface area contributed by atoms with Crippen LogP contribution in [0.15, 0.2) is 49.2 Å². The molecule has 1 amide bonds. The minimum Gasteiger partial charge on any atom is -0.396 e. The van der Waals surface area contributed by atoms with E-state index in [2.05, 4.69) is 38.4 Å². The Bertz CT molecular complexity index is 1530. The highest BCUT2D eigenvalue weighted by Crippen LogP contribution is 2.54. The molecule has 2 fully saturated rings. The number of nitrogens with zero attached hydrogens (tertiary/aromatic N) is 5. The number of rotatable bonds is 7. The molecule has 10 heteroatoms. The Labute approximate surface area is 226 Å². The highest BCUT2D eigenvalue weighted by molar-refractivity contribution is 6.00. The molecule has 1 aliphatic heterocycles. The van der Waals surface area contributed by atoms with Gasteiger partial charge in [-0.3, -0.25) is 19.4 Å². The SMILES string of the molecule is Cc1ccncc1-c1cc2cc(NC(=O)[C@@H]3[C@@H](C)[C@H]3c3cnn(CCN4CCOCC4)c3)ncc2c(N)c1F. The van der Waals surface area contributed by atoms with Crippen LogP contribution in [0.3, 0.4) is 0 Å². The van der Waals surface area contributed by atoms with Crippen molar-refractivity contribution in [1.29, 1.82) is 0 Å². The fourth-order valence-electron chi connectivity index (χ4n) is 5.64. The van der Waals surface area contributed by atoms with Gasteiger partial charge in [-0.05, 0) is 47.6 Å². The van der Waals surface area contributed by atoms with E-state index in [1.54, 1.807) is 24.5 Å². The zero-order chi connectivity index (χ0) is 27.1. The summed E-state index contributed by atoms with van der Waals surface area (Å²) in [4.78, 5) is 24.1. The first-order valence-corrected chi connectivity index (χ1v) is 13.3. The van der Waals surface area contributed by atoms with Crippen LogP contribution in [0.25, 0.3) is 21.9 Å². The molecule has 1 saturated heterocycles. The molecule has 0 bridgehead atoms. The summed E-state index contributed by atoms with van der Waals surface area (Å²) in [6.45, 7) is 9.18. The number of anilines is 2. The van der Waals surface area contributed by atoms with Gasteiger partial charge in [0.05, 0.1) is 31.6 Å². The van der Waals surface area contributed by atoms with E-state index in [-0.39, 0.29) is 29.3 Å². The van der Waals surface area contributed by atoms with Gasteiger partial charge in [0.25, 0.3) is 0 Å². The Morgan fingerprint density at radius 2 is 2.00 bits per heavy atom. The predicted molar refractivity (Wildman–Crippen MR) is 148 cm³/mol. The largest absolute Gasteiger partial charge is 0.396 e. The lowest BCUT2D eigenvalue weighted by atomic mass is 9.98. The van der Waals surface area contributed by atoms with Gasteiger partial charge in [-0.15, -0.1) is 0 Å². The molecule has 4 heterocycles. The Kier molecular flexibility index (Phi) is 6.74. The number of aryl methyl sites for hydroxylation is 1. The van der Waals surface area contributed by atoms with E-state index in [0.29, 0.717) is 27.7 Å². The predicted octanol–water partition coefficient (Wildman–Crippen LogP) is 3.84. The van der Waals surface area contributed by atoms with Crippen molar-refractivity contribution in [2.75, 3.05) is 43.9 Å². The second kappa shape index (κ2) is 10.3. The second-order valence-electron chi connectivity index (χ2n) is 10.5. The number of ether oxygens (including phenoxy) is 1. The quantitative estimate of drug-likeness (QED) is 0.350. The molecule has 1 aromatic carbocycles. The highest BCUT2D eigenvalue weighted by atomic mass is 19.1. The lowest BCUT2D eigenvalue weighted by Crippen LogP contribution is -2.38. The fraction of sp³-hybridized carbons (Fsp3) is 0.379. The first-order valence-electron chi connectivity index (χ1n) is 13.3. The number of hydrogen-bond acceptors (Lipinski definition) is 7. The normalized spacial score (nSPS) is 21.3. The molecule has 2 aliphatic rings. The second-order valence-corrected chi connectivity index (χ2v) is 10.5. The summed E-state index contributed by atoms with van der Waals surface area (Å²) in [7, 11) is 0. The van der Waals surface area contributed by atoms with Crippen molar-refractivity contribution in [3.63, 3.8) is 0 Å². The van der Waals surface area contributed by atoms with Crippen molar-refractivity contribution in [1.82, 2.24) is 24.6 Å². The molecule has 3 aromatic heterocycles. The van der Waals surface area contributed by atoms with Crippen LogP contribution >= 0.6 is 0 Å². The summed E-state index contributed by atoms with van der Waals surface area (Å²) in [6.07, 6.45) is 8.74. The molecule has 3 N–H and O–H groups in total. The van der Waals surface area contributed by atoms with E-state index in [9.17, 15) is 4.79 Å². The minimum absolute atomic E-state index is 0.0256. The zero-order valence-corrected chi connectivity index (χ0v) is 22.1. The molecule has 0 spiro atoms. The van der Waals surface area contributed by atoms with Crippen LogP contribution in [-0.4, -0.2) is 63.4 Å². The summed E-state index contributed by atoms with van der Waals surface area (Å²) >= 11 is 0. The lowest BCUT2D eigenvalue weighted by Gasteiger charge is -2.26. The van der Waals surface area contributed by atoms with E-state index in [1.165, 1.54) is 6.20 Å². The Morgan fingerprint density at radius 1 is 1.18 bits per heavy atom. The molecule has 6 rings (SSSR count). The number of carbonyl (C=O) groups is 1. The number of morpholine rings is 1. The maximum absolute atomic E-state index is 15.1. The molecule has 3 atom stereocenters. The van der Waals surface area contributed by atoms with Gasteiger partial charge in [-0.1, -0.05) is 6.92 Å². The summed E-state index contributed by atoms with van der Waals surface area (Å²) in [5.41, 5.74) is 9.18. The number of aromatic nitrogens is 4. The van der Waals surface area contributed by atoms with Crippen molar-refractivity contribution in [3.05, 3.63) is 66.1 Å². The number of halogens is 1.